The van der Waals surface area contributed by atoms with Crippen molar-refractivity contribution in [2.24, 2.45) is 11.5 Å². The van der Waals surface area contributed by atoms with E-state index in [0.29, 0.717) is 26.3 Å². The predicted octanol–water partition coefficient (Wildman–Crippen LogP) is -1.51. The van der Waals surface area contributed by atoms with Gasteiger partial charge in [-0.3, -0.25) is 9.80 Å². The second kappa shape index (κ2) is 13.2. The quantitative estimate of drug-likeness (QED) is 0.400. The first-order valence-electron chi connectivity index (χ1n) is 8.45. The molecule has 0 aromatic carbocycles. The first-order valence-corrected chi connectivity index (χ1v) is 8.45. The summed E-state index contributed by atoms with van der Waals surface area (Å²) in [6.45, 7) is 12.6. The number of piperazine rings is 1. The normalized spacial score (nSPS) is 17.5. The molecule has 0 aromatic heterocycles. The van der Waals surface area contributed by atoms with Gasteiger partial charge in [-0.15, -0.1) is 0 Å². The molecular formula is C15H35N5O2. The number of hydrogen-bond acceptors (Lipinski definition) is 7. The minimum atomic E-state index is 0.584. The van der Waals surface area contributed by atoms with Crippen molar-refractivity contribution >= 4 is 0 Å². The Balaban J connectivity index is 2.20. The summed E-state index contributed by atoms with van der Waals surface area (Å²) < 4.78 is 11.0. The summed E-state index contributed by atoms with van der Waals surface area (Å²) in [6, 6.07) is 0. The smallest absolute Gasteiger partial charge is 0.0594 e. The lowest BCUT2D eigenvalue weighted by molar-refractivity contribution is 0.0694. The molecule has 4 N–H and O–H groups in total. The lowest BCUT2D eigenvalue weighted by Crippen LogP contribution is -2.47. The summed E-state index contributed by atoms with van der Waals surface area (Å²) in [5.74, 6) is 0. The van der Waals surface area contributed by atoms with Crippen LogP contribution >= 0.6 is 0 Å². The molecule has 0 atom stereocenters. The SMILES string of the molecule is CN1CCN(CCN(CCOCCN)CCOCCN)CC1. The fourth-order valence-corrected chi connectivity index (χ4v) is 2.45. The van der Waals surface area contributed by atoms with E-state index in [9.17, 15) is 0 Å². The molecule has 1 aliphatic rings. The van der Waals surface area contributed by atoms with Crippen LogP contribution in [0.3, 0.4) is 0 Å². The van der Waals surface area contributed by atoms with Gasteiger partial charge in [0.15, 0.2) is 0 Å². The van der Waals surface area contributed by atoms with Gasteiger partial charge in [0.05, 0.1) is 26.4 Å². The Kier molecular flexibility index (Phi) is 11.8. The van der Waals surface area contributed by atoms with Crippen molar-refractivity contribution in [3.05, 3.63) is 0 Å². The van der Waals surface area contributed by atoms with E-state index in [1.807, 2.05) is 0 Å². The first-order chi connectivity index (χ1) is 10.8. The molecule has 132 valence electrons. The van der Waals surface area contributed by atoms with Crippen LogP contribution < -0.4 is 11.5 Å². The molecule has 0 saturated carbocycles. The first kappa shape index (κ1) is 19.8. The van der Waals surface area contributed by atoms with Gasteiger partial charge < -0.3 is 25.8 Å². The van der Waals surface area contributed by atoms with Crippen molar-refractivity contribution in [3.8, 4) is 0 Å². The van der Waals surface area contributed by atoms with Gasteiger partial charge >= 0.3 is 0 Å². The maximum absolute atomic E-state index is 5.50. The molecule has 7 heteroatoms. The highest BCUT2D eigenvalue weighted by atomic mass is 16.5. The molecule has 0 radical (unpaired) electrons. The van der Waals surface area contributed by atoms with Crippen LogP contribution in [-0.2, 0) is 9.47 Å². The highest BCUT2D eigenvalue weighted by Crippen LogP contribution is 2.00. The predicted molar refractivity (Wildman–Crippen MR) is 90.1 cm³/mol. The van der Waals surface area contributed by atoms with E-state index in [2.05, 4.69) is 21.7 Å². The van der Waals surface area contributed by atoms with Gasteiger partial charge in [-0.25, -0.2) is 0 Å². The number of nitrogens with two attached hydrogens (primary N) is 2. The van der Waals surface area contributed by atoms with E-state index >= 15 is 0 Å². The second-order valence-corrected chi connectivity index (χ2v) is 5.79. The van der Waals surface area contributed by atoms with Crippen LogP contribution in [0.25, 0.3) is 0 Å². The Morgan fingerprint density at radius 3 is 1.86 bits per heavy atom. The van der Waals surface area contributed by atoms with Crippen molar-refractivity contribution in [1.29, 1.82) is 0 Å². The molecule has 1 rings (SSSR count). The molecule has 0 aromatic rings. The molecule has 1 fully saturated rings. The van der Waals surface area contributed by atoms with Gasteiger partial charge in [0, 0.05) is 65.4 Å². The number of likely N-dealkylation sites (N-methyl/N-ethyl adjacent to an activating group) is 1. The summed E-state index contributed by atoms with van der Waals surface area (Å²) in [4.78, 5) is 7.33. The number of hydrogen-bond donors (Lipinski definition) is 2. The molecule has 1 aliphatic heterocycles. The average molecular weight is 317 g/mol. The van der Waals surface area contributed by atoms with Gasteiger partial charge in [0.2, 0.25) is 0 Å². The maximum Gasteiger partial charge on any atom is 0.0594 e. The van der Waals surface area contributed by atoms with Gasteiger partial charge in [0.1, 0.15) is 0 Å². The van der Waals surface area contributed by atoms with Crippen LogP contribution in [0.15, 0.2) is 0 Å². The van der Waals surface area contributed by atoms with E-state index in [0.717, 1.165) is 52.5 Å². The fourth-order valence-electron chi connectivity index (χ4n) is 2.45. The zero-order valence-electron chi connectivity index (χ0n) is 14.2. The fraction of sp³-hybridized carbons (Fsp3) is 1.00. The lowest BCUT2D eigenvalue weighted by atomic mass is 10.3. The molecule has 0 spiro atoms. The van der Waals surface area contributed by atoms with Crippen LogP contribution in [0.2, 0.25) is 0 Å². The van der Waals surface area contributed by atoms with E-state index in [1.54, 1.807) is 0 Å². The molecule has 0 aliphatic carbocycles. The summed E-state index contributed by atoms with van der Waals surface area (Å²) in [6.07, 6.45) is 0. The Hall–Kier alpha value is -0.280. The maximum atomic E-state index is 5.50. The molecule has 0 amide bonds. The molecular weight excluding hydrogens is 282 g/mol. The largest absolute Gasteiger partial charge is 0.379 e. The third-order valence-corrected chi connectivity index (χ3v) is 3.96. The molecule has 1 heterocycles. The Bertz CT molecular complexity index is 238. The lowest BCUT2D eigenvalue weighted by Gasteiger charge is -2.34. The number of nitrogens with zero attached hydrogens (tertiary/aromatic N) is 3. The van der Waals surface area contributed by atoms with Crippen LogP contribution in [0, 0.1) is 0 Å². The van der Waals surface area contributed by atoms with Crippen LogP contribution in [0.4, 0.5) is 0 Å². The Morgan fingerprint density at radius 2 is 1.36 bits per heavy atom. The molecule has 22 heavy (non-hydrogen) atoms. The highest BCUT2D eigenvalue weighted by Gasteiger charge is 2.14. The zero-order valence-corrected chi connectivity index (χ0v) is 14.2. The van der Waals surface area contributed by atoms with Gasteiger partial charge in [-0.2, -0.15) is 0 Å². The molecule has 0 unspecified atom stereocenters. The van der Waals surface area contributed by atoms with Crippen LogP contribution in [0.1, 0.15) is 0 Å². The summed E-state index contributed by atoms with van der Waals surface area (Å²) in [5.41, 5.74) is 10.9. The van der Waals surface area contributed by atoms with Crippen molar-refractivity contribution < 1.29 is 9.47 Å². The van der Waals surface area contributed by atoms with Crippen molar-refractivity contribution in [3.63, 3.8) is 0 Å². The van der Waals surface area contributed by atoms with Crippen LogP contribution in [0.5, 0.6) is 0 Å². The third-order valence-electron chi connectivity index (χ3n) is 3.96. The van der Waals surface area contributed by atoms with Crippen molar-refractivity contribution in [1.82, 2.24) is 14.7 Å². The van der Waals surface area contributed by atoms with E-state index in [-0.39, 0.29) is 0 Å². The average Bonchev–Trinajstić information content (AvgIpc) is 2.54. The summed E-state index contributed by atoms with van der Waals surface area (Å²) >= 11 is 0. The van der Waals surface area contributed by atoms with Gasteiger partial charge in [-0.1, -0.05) is 0 Å². The van der Waals surface area contributed by atoms with Gasteiger partial charge in [0.25, 0.3) is 0 Å². The number of rotatable bonds is 13. The highest BCUT2D eigenvalue weighted by molar-refractivity contribution is 4.71. The standard InChI is InChI=1S/C15H35N5O2/c1-18-4-6-19(7-5-18)8-9-20(10-14-21-12-2-16)11-15-22-13-3-17/h2-17H2,1H3. The van der Waals surface area contributed by atoms with Gasteiger partial charge in [-0.05, 0) is 7.05 Å². The molecule has 1 saturated heterocycles. The van der Waals surface area contributed by atoms with E-state index < -0.39 is 0 Å². The van der Waals surface area contributed by atoms with Crippen molar-refractivity contribution in [2.45, 2.75) is 0 Å². The van der Waals surface area contributed by atoms with Crippen molar-refractivity contribution in [2.75, 3.05) is 98.9 Å². The number of ether oxygens (including phenoxy) is 2. The molecule has 0 bridgehead atoms. The Morgan fingerprint density at radius 1 is 0.818 bits per heavy atom. The zero-order chi connectivity index (χ0) is 16.0. The minimum absolute atomic E-state index is 0.584. The summed E-state index contributed by atoms with van der Waals surface area (Å²) in [7, 11) is 2.19. The Labute approximate surface area is 135 Å². The van der Waals surface area contributed by atoms with Crippen LogP contribution in [-0.4, -0.2) is 114 Å². The topological polar surface area (TPSA) is 80.2 Å². The monoisotopic (exact) mass is 317 g/mol. The second-order valence-electron chi connectivity index (χ2n) is 5.79. The van der Waals surface area contributed by atoms with E-state index in [4.69, 9.17) is 20.9 Å². The van der Waals surface area contributed by atoms with E-state index in [1.165, 1.54) is 13.1 Å². The summed E-state index contributed by atoms with van der Waals surface area (Å²) in [5, 5.41) is 0. The molecule has 7 nitrogen and oxygen atoms in total. The third kappa shape index (κ3) is 9.68. The minimum Gasteiger partial charge on any atom is -0.379 e.